The van der Waals surface area contributed by atoms with Crippen molar-refractivity contribution in [2.75, 3.05) is 19.3 Å². The first-order valence-electron chi connectivity index (χ1n) is 7.33. The maximum absolute atomic E-state index is 11.5. The lowest BCUT2D eigenvalue weighted by Gasteiger charge is -2.30. The van der Waals surface area contributed by atoms with Crippen molar-refractivity contribution in [1.29, 1.82) is 0 Å². The predicted octanol–water partition coefficient (Wildman–Crippen LogP) is 2.42. The number of piperidine rings is 1. The molecule has 0 atom stereocenters. The minimum atomic E-state index is -3.05. The van der Waals surface area contributed by atoms with E-state index in [0.717, 1.165) is 35.7 Å². The topological polar surface area (TPSA) is 63.2 Å². The molecule has 118 valence electrons. The quantitative estimate of drug-likeness (QED) is 0.859. The third kappa shape index (κ3) is 3.71. The van der Waals surface area contributed by atoms with E-state index in [1.807, 2.05) is 23.6 Å². The average molecular weight is 337 g/mol. The maximum atomic E-state index is 11.5. The Hall–Kier alpha value is -1.31. The summed E-state index contributed by atoms with van der Waals surface area (Å²) in [6, 6.07) is 6.04. The zero-order valence-electron chi connectivity index (χ0n) is 12.5. The second-order valence-corrected chi connectivity index (χ2v) is 8.54. The molecule has 3 heterocycles. The second-order valence-electron chi connectivity index (χ2n) is 5.66. The number of nitrogens with zero attached hydrogens (tertiary/aromatic N) is 3. The Morgan fingerprint density at radius 3 is 2.73 bits per heavy atom. The van der Waals surface area contributed by atoms with Crippen LogP contribution in [0.25, 0.3) is 10.7 Å². The molecule has 0 saturated carbocycles. The molecule has 3 rings (SSSR count). The molecule has 0 amide bonds. The van der Waals surface area contributed by atoms with E-state index >= 15 is 0 Å². The van der Waals surface area contributed by atoms with Gasteiger partial charge >= 0.3 is 0 Å². The molecule has 1 aliphatic rings. The molecule has 0 radical (unpaired) electrons. The van der Waals surface area contributed by atoms with E-state index in [1.165, 1.54) is 6.26 Å². The Bertz CT molecular complexity index is 721. The molecule has 1 aliphatic heterocycles. The van der Waals surface area contributed by atoms with Gasteiger partial charge in [0.15, 0.2) is 0 Å². The summed E-state index contributed by atoms with van der Waals surface area (Å²) < 4.78 is 24.6. The molecule has 0 spiro atoms. The molecule has 1 fully saturated rings. The van der Waals surface area contributed by atoms with Gasteiger partial charge < -0.3 is 0 Å². The molecule has 2 aromatic rings. The Balaban J connectivity index is 1.64. The standard InChI is InChI=1S/C15H19N3O2S2/c1-22(19,20)18-8-5-12(6-9-18)11-13-3-2-4-14(17-13)15-16-7-10-21-15/h2-4,7,10,12H,5-6,8-9,11H2,1H3. The summed E-state index contributed by atoms with van der Waals surface area (Å²) in [6.45, 7) is 1.24. The molecule has 0 aromatic carbocycles. The summed E-state index contributed by atoms with van der Waals surface area (Å²) in [5.74, 6) is 0.497. The van der Waals surface area contributed by atoms with Crippen LogP contribution in [0, 0.1) is 5.92 Å². The third-order valence-corrected chi connectivity index (χ3v) is 6.10. The van der Waals surface area contributed by atoms with E-state index in [2.05, 4.69) is 4.98 Å². The van der Waals surface area contributed by atoms with Gasteiger partial charge in [-0.15, -0.1) is 11.3 Å². The lowest BCUT2D eigenvalue weighted by molar-refractivity contribution is 0.273. The molecule has 0 bridgehead atoms. The van der Waals surface area contributed by atoms with Crippen LogP contribution in [0.3, 0.4) is 0 Å². The molecule has 1 saturated heterocycles. The SMILES string of the molecule is CS(=O)(=O)N1CCC(Cc2cccc(-c3nccs3)n2)CC1. The number of sulfonamides is 1. The monoisotopic (exact) mass is 337 g/mol. The van der Waals surface area contributed by atoms with Crippen molar-refractivity contribution in [1.82, 2.24) is 14.3 Å². The molecule has 2 aromatic heterocycles. The first-order valence-corrected chi connectivity index (χ1v) is 10.1. The highest BCUT2D eigenvalue weighted by molar-refractivity contribution is 7.88. The summed E-state index contributed by atoms with van der Waals surface area (Å²) >= 11 is 1.59. The molecular formula is C15H19N3O2S2. The normalized spacial score (nSPS) is 17.7. The Kier molecular flexibility index (Phi) is 4.56. The average Bonchev–Trinajstić information content (AvgIpc) is 3.01. The smallest absolute Gasteiger partial charge is 0.211 e. The first kappa shape index (κ1) is 15.6. The van der Waals surface area contributed by atoms with E-state index in [-0.39, 0.29) is 0 Å². The van der Waals surface area contributed by atoms with Crippen LogP contribution in [0.2, 0.25) is 0 Å². The van der Waals surface area contributed by atoms with Crippen molar-refractivity contribution in [3.63, 3.8) is 0 Å². The molecule has 7 heteroatoms. The van der Waals surface area contributed by atoms with E-state index in [4.69, 9.17) is 4.98 Å². The highest BCUT2D eigenvalue weighted by Gasteiger charge is 2.25. The summed E-state index contributed by atoms with van der Waals surface area (Å²) in [5.41, 5.74) is 1.98. The number of aromatic nitrogens is 2. The first-order chi connectivity index (χ1) is 10.5. The summed E-state index contributed by atoms with van der Waals surface area (Å²) in [6.07, 6.45) is 5.77. The van der Waals surface area contributed by atoms with Crippen molar-refractivity contribution < 1.29 is 8.42 Å². The van der Waals surface area contributed by atoms with Crippen LogP contribution in [-0.2, 0) is 16.4 Å². The lowest BCUT2D eigenvalue weighted by atomic mass is 9.93. The predicted molar refractivity (Wildman–Crippen MR) is 88.2 cm³/mol. The Morgan fingerprint density at radius 2 is 2.09 bits per heavy atom. The second kappa shape index (κ2) is 6.44. The van der Waals surface area contributed by atoms with Crippen LogP contribution in [0.1, 0.15) is 18.5 Å². The van der Waals surface area contributed by atoms with E-state index in [0.29, 0.717) is 19.0 Å². The number of hydrogen-bond donors (Lipinski definition) is 0. The van der Waals surface area contributed by atoms with Crippen LogP contribution < -0.4 is 0 Å². The zero-order chi connectivity index (χ0) is 15.6. The Morgan fingerprint density at radius 1 is 1.32 bits per heavy atom. The lowest BCUT2D eigenvalue weighted by Crippen LogP contribution is -2.38. The van der Waals surface area contributed by atoms with Gasteiger partial charge in [0, 0.05) is 30.4 Å². The van der Waals surface area contributed by atoms with Crippen LogP contribution >= 0.6 is 11.3 Å². The van der Waals surface area contributed by atoms with Crippen molar-refractivity contribution >= 4 is 21.4 Å². The number of thiazole rings is 1. The van der Waals surface area contributed by atoms with Gasteiger partial charge in [-0.3, -0.25) is 4.98 Å². The highest BCUT2D eigenvalue weighted by atomic mass is 32.2. The molecule has 0 aliphatic carbocycles. The summed E-state index contributed by atoms with van der Waals surface area (Å²) in [7, 11) is -3.05. The van der Waals surface area contributed by atoms with Gasteiger partial charge in [0.2, 0.25) is 10.0 Å². The fraction of sp³-hybridized carbons (Fsp3) is 0.467. The van der Waals surface area contributed by atoms with Crippen molar-refractivity contribution in [3.8, 4) is 10.7 Å². The van der Waals surface area contributed by atoms with Gasteiger partial charge in [0.05, 0.1) is 11.9 Å². The van der Waals surface area contributed by atoms with Gasteiger partial charge in [0.1, 0.15) is 5.01 Å². The molecule has 0 unspecified atom stereocenters. The maximum Gasteiger partial charge on any atom is 0.211 e. The van der Waals surface area contributed by atoms with E-state index in [9.17, 15) is 8.42 Å². The van der Waals surface area contributed by atoms with Crippen LogP contribution in [0.5, 0.6) is 0 Å². The third-order valence-electron chi connectivity index (χ3n) is 4.00. The van der Waals surface area contributed by atoms with E-state index < -0.39 is 10.0 Å². The Labute approximate surface area is 135 Å². The zero-order valence-corrected chi connectivity index (χ0v) is 14.1. The van der Waals surface area contributed by atoms with Crippen molar-refractivity contribution in [2.45, 2.75) is 19.3 Å². The summed E-state index contributed by atoms with van der Waals surface area (Å²) in [4.78, 5) is 8.99. The number of rotatable bonds is 4. The summed E-state index contributed by atoms with van der Waals surface area (Å²) in [5, 5.41) is 2.89. The van der Waals surface area contributed by atoms with Crippen LogP contribution in [-0.4, -0.2) is 42.0 Å². The van der Waals surface area contributed by atoms with Crippen molar-refractivity contribution in [2.24, 2.45) is 5.92 Å². The molecule has 5 nitrogen and oxygen atoms in total. The van der Waals surface area contributed by atoms with Gasteiger partial charge in [0.25, 0.3) is 0 Å². The number of hydrogen-bond acceptors (Lipinski definition) is 5. The fourth-order valence-electron chi connectivity index (χ4n) is 2.80. The largest absolute Gasteiger partial charge is 0.250 e. The fourth-order valence-corrected chi connectivity index (χ4v) is 4.28. The van der Waals surface area contributed by atoms with Crippen molar-refractivity contribution in [3.05, 3.63) is 35.5 Å². The van der Waals surface area contributed by atoms with Gasteiger partial charge in [-0.05, 0) is 37.3 Å². The van der Waals surface area contributed by atoms with Crippen LogP contribution in [0.4, 0.5) is 0 Å². The van der Waals surface area contributed by atoms with Crippen LogP contribution in [0.15, 0.2) is 29.8 Å². The number of pyridine rings is 1. The highest BCUT2D eigenvalue weighted by Crippen LogP contribution is 2.24. The minimum absolute atomic E-state index is 0.497. The van der Waals surface area contributed by atoms with Gasteiger partial charge in [-0.25, -0.2) is 17.7 Å². The van der Waals surface area contributed by atoms with Gasteiger partial charge in [-0.1, -0.05) is 6.07 Å². The molecular weight excluding hydrogens is 318 g/mol. The van der Waals surface area contributed by atoms with Gasteiger partial charge in [-0.2, -0.15) is 0 Å². The molecule has 0 N–H and O–H groups in total. The van der Waals surface area contributed by atoms with E-state index in [1.54, 1.807) is 21.8 Å². The molecule has 22 heavy (non-hydrogen) atoms. The minimum Gasteiger partial charge on any atom is -0.250 e.